The second kappa shape index (κ2) is 5.85. The molecule has 4 heteroatoms. The molecule has 1 N–H and O–H groups in total. The van der Waals surface area contributed by atoms with Crippen molar-refractivity contribution in [1.29, 1.82) is 0 Å². The molecule has 0 aliphatic heterocycles. The quantitative estimate of drug-likeness (QED) is 0.892. The highest BCUT2D eigenvalue weighted by atomic mass is 32.2. The van der Waals surface area contributed by atoms with Gasteiger partial charge in [-0.05, 0) is 49.9 Å². The highest BCUT2D eigenvalue weighted by Crippen LogP contribution is 2.21. The molecule has 0 aliphatic carbocycles. The van der Waals surface area contributed by atoms with Gasteiger partial charge in [-0.25, -0.2) is 8.42 Å². The van der Waals surface area contributed by atoms with Crippen LogP contribution in [0.3, 0.4) is 0 Å². The summed E-state index contributed by atoms with van der Waals surface area (Å²) in [5.74, 6) is 0.182. The molecular formula is C14H23NO2S. The Morgan fingerprint density at radius 1 is 1.11 bits per heavy atom. The van der Waals surface area contributed by atoms with E-state index in [0.29, 0.717) is 6.54 Å². The third-order valence-corrected chi connectivity index (χ3v) is 4.22. The molecule has 0 saturated carbocycles. The summed E-state index contributed by atoms with van der Waals surface area (Å²) in [7, 11) is -2.89. The number of sulfone groups is 1. The van der Waals surface area contributed by atoms with Crippen LogP contribution in [0.25, 0.3) is 0 Å². The Morgan fingerprint density at radius 2 is 1.67 bits per heavy atom. The van der Waals surface area contributed by atoms with Crippen molar-refractivity contribution in [2.75, 3.05) is 18.6 Å². The van der Waals surface area contributed by atoms with E-state index in [1.165, 1.54) is 28.5 Å². The maximum atomic E-state index is 11.1. The standard InChI is InChI=1S/C14H23NO2S/c1-10-8-12(3)14(9-11(10)2)13(4)15-6-7-18(5,16)17/h8-9,13,15H,6-7H2,1-5H3. The van der Waals surface area contributed by atoms with Gasteiger partial charge in [-0.3, -0.25) is 0 Å². The first-order chi connectivity index (χ1) is 8.20. The first-order valence-electron chi connectivity index (χ1n) is 6.19. The van der Waals surface area contributed by atoms with Crippen molar-refractivity contribution >= 4 is 9.84 Å². The molecule has 0 aromatic heterocycles. The third kappa shape index (κ3) is 4.42. The van der Waals surface area contributed by atoms with Crippen molar-refractivity contribution in [2.24, 2.45) is 0 Å². The summed E-state index contributed by atoms with van der Waals surface area (Å²) >= 11 is 0. The van der Waals surface area contributed by atoms with Crippen LogP contribution in [0.2, 0.25) is 0 Å². The van der Waals surface area contributed by atoms with Gasteiger partial charge in [0.15, 0.2) is 0 Å². The average Bonchev–Trinajstić information content (AvgIpc) is 2.21. The topological polar surface area (TPSA) is 46.2 Å². The lowest BCUT2D eigenvalue weighted by atomic mass is 9.96. The number of aryl methyl sites for hydroxylation is 3. The van der Waals surface area contributed by atoms with Gasteiger partial charge in [-0.2, -0.15) is 0 Å². The fourth-order valence-electron chi connectivity index (χ4n) is 2.02. The fraction of sp³-hybridized carbons (Fsp3) is 0.571. The molecule has 0 radical (unpaired) electrons. The summed E-state index contributed by atoms with van der Waals surface area (Å²) < 4.78 is 22.1. The molecule has 102 valence electrons. The number of hydrogen-bond acceptors (Lipinski definition) is 3. The second-order valence-corrected chi connectivity index (χ2v) is 7.36. The van der Waals surface area contributed by atoms with Crippen LogP contribution < -0.4 is 5.32 Å². The molecule has 0 saturated heterocycles. The minimum Gasteiger partial charge on any atom is -0.309 e. The molecule has 0 fully saturated rings. The lowest BCUT2D eigenvalue weighted by Gasteiger charge is -2.18. The molecule has 0 spiro atoms. The molecule has 0 bridgehead atoms. The largest absolute Gasteiger partial charge is 0.309 e. The maximum Gasteiger partial charge on any atom is 0.148 e. The number of benzene rings is 1. The van der Waals surface area contributed by atoms with Crippen molar-refractivity contribution in [3.05, 3.63) is 34.4 Å². The van der Waals surface area contributed by atoms with Crippen LogP contribution in [0.4, 0.5) is 0 Å². The zero-order chi connectivity index (χ0) is 13.9. The molecular weight excluding hydrogens is 246 g/mol. The predicted octanol–water partition coefficient (Wildman–Crippen LogP) is 2.31. The molecule has 1 rings (SSSR count). The van der Waals surface area contributed by atoms with Crippen LogP contribution in [0.5, 0.6) is 0 Å². The molecule has 1 aromatic carbocycles. The number of hydrogen-bond donors (Lipinski definition) is 1. The Morgan fingerprint density at radius 3 is 2.22 bits per heavy atom. The van der Waals surface area contributed by atoms with Gasteiger partial charge in [-0.1, -0.05) is 12.1 Å². The van der Waals surface area contributed by atoms with Gasteiger partial charge in [-0.15, -0.1) is 0 Å². The summed E-state index contributed by atoms with van der Waals surface area (Å²) in [4.78, 5) is 0. The minimum absolute atomic E-state index is 0.172. The van der Waals surface area contributed by atoms with Gasteiger partial charge in [0.25, 0.3) is 0 Å². The third-order valence-electron chi connectivity index (χ3n) is 3.27. The van der Waals surface area contributed by atoms with Crippen molar-refractivity contribution in [3.8, 4) is 0 Å². The van der Waals surface area contributed by atoms with Crippen LogP contribution in [0, 0.1) is 20.8 Å². The molecule has 1 unspecified atom stereocenters. The van der Waals surface area contributed by atoms with E-state index in [1.807, 2.05) is 0 Å². The second-order valence-electron chi connectivity index (χ2n) is 5.10. The number of rotatable bonds is 5. The summed E-state index contributed by atoms with van der Waals surface area (Å²) in [6.07, 6.45) is 1.26. The predicted molar refractivity (Wildman–Crippen MR) is 76.8 cm³/mol. The molecule has 0 amide bonds. The van der Waals surface area contributed by atoms with Gasteiger partial charge in [0.1, 0.15) is 9.84 Å². The number of nitrogens with one attached hydrogen (secondary N) is 1. The van der Waals surface area contributed by atoms with E-state index in [0.717, 1.165) is 0 Å². The molecule has 1 aromatic rings. The Kier molecular flexibility index (Phi) is 4.93. The first kappa shape index (κ1) is 15.2. The van der Waals surface area contributed by atoms with Crippen LogP contribution in [0.15, 0.2) is 12.1 Å². The Balaban J connectivity index is 2.73. The Bertz CT molecular complexity index is 521. The zero-order valence-corrected chi connectivity index (χ0v) is 12.7. The van der Waals surface area contributed by atoms with E-state index >= 15 is 0 Å². The van der Waals surface area contributed by atoms with Gasteiger partial charge in [0, 0.05) is 18.8 Å². The summed E-state index contributed by atoms with van der Waals surface area (Å²) in [5, 5.41) is 3.26. The fourth-order valence-corrected chi connectivity index (χ4v) is 2.51. The minimum atomic E-state index is -2.89. The van der Waals surface area contributed by atoms with Gasteiger partial charge >= 0.3 is 0 Å². The van der Waals surface area contributed by atoms with Gasteiger partial charge in [0.2, 0.25) is 0 Å². The van der Waals surface area contributed by atoms with Crippen molar-refractivity contribution < 1.29 is 8.42 Å². The molecule has 0 heterocycles. The maximum absolute atomic E-state index is 11.1. The highest BCUT2D eigenvalue weighted by molar-refractivity contribution is 7.90. The average molecular weight is 269 g/mol. The molecule has 18 heavy (non-hydrogen) atoms. The summed E-state index contributed by atoms with van der Waals surface area (Å²) in [6, 6.07) is 4.54. The van der Waals surface area contributed by atoms with Crippen molar-refractivity contribution in [3.63, 3.8) is 0 Å². The van der Waals surface area contributed by atoms with Crippen LogP contribution in [-0.4, -0.2) is 27.0 Å². The SMILES string of the molecule is Cc1cc(C)c(C(C)NCCS(C)(=O)=O)cc1C. The molecule has 3 nitrogen and oxygen atoms in total. The van der Waals surface area contributed by atoms with Crippen molar-refractivity contribution in [2.45, 2.75) is 33.7 Å². The highest BCUT2D eigenvalue weighted by Gasteiger charge is 2.10. The van der Waals surface area contributed by atoms with Crippen LogP contribution in [0.1, 0.15) is 35.2 Å². The lowest BCUT2D eigenvalue weighted by molar-refractivity contribution is 0.574. The lowest BCUT2D eigenvalue weighted by Crippen LogP contribution is -2.25. The monoisotopic (exact) mass is 269 g/mol. The summed E-state index contributed by atoms with van der Waals surface area (Å²) in [5.41, 5.74) is 5.05. The van der Waals surface area contributed by atoms with E-state index in [2.05, 4.69) is 45.1 Å². The van der Waals surface area contributed by atoms with E-state index in [4.69, 9.17) is 0 Å². The Labute approximate surface area is 111 Å². The van der Waals surface area contributed by atoms with E-state index in [1.54, 1.807) is 0 Å². The summed E-state index contributed by atoms with van der Waals surface area (Å²) in [6.45, 7) is 8.86. The van der Waals surface area contributed by atoms with Crippen LogP contribution >= 0.6 is 0 Å². The zero-order valence-electron chi connectivity index (χ0n) is 11.9. The van der Waals surface area contributed by atoms with E-state index < -0.39 is 9.84 Å². The van der Waals surface area contributed by atoms with E-state index in [9.17, 15) is 8.42 Å². The smallest absolute Gasteiger partial charge is 0.148 e. The van der Waals surface area contributed by atoms with Crippen LogP contribution in [-0.2, 0) is 9.84 Å². The van der Waals surface area contributed by atoms with Gasteiger partial charge < -0.3 is 5.32 Å². The normalized spacial score (nSPS) is 13.6. The Hall–Kier alpha value is -0.870. The molecule has 1 atom stereocenters. The van der Waals surface area contributed by atoms with E-state index in [-0.39, 0.29) is 11.8 Å². The van der Waals surface area contributed by atoms with Crippen molar-refractivity contribution in [1.82, 2.24) is 5.32 Å². The molecule has 0 aliphatic rings. The first-order valence-corrected chi connectivity index (χ1v) is 8.25. The van der Waals surface area contributed by atoms with Gasteiger partial charge in [0.05, 0.1) is 5.75 Å².